The molecule has 0 amide bonds. The van der Waals surface area contributed by atoms with Gasteiger partial charge in [0.15, 0.2) is 0 Å². The van der Waals surface area contributed by atoms with Gasteiger partial charge in [-0.2, -0.15) is 0 Å². The predicted octanol–water partition coefficient (Wildman–Crippen LogP) is 2.14. The Balaban J connectivity index is 3.21. The summed E-state index contributed by atoms with van der Waals surface area (Å²) in [7, 11) is 0. The summed E-state index contributed by atoms with van der Waals surface area (Å²) in [5, 5.41) is 20.9. The molecule has 3 N–H and O–H groups in total. The molecule has 1 rings (SSSR count). The Morgan fingerprint density at radius 3 is 2.44 bits per heavy atom. The van der Waals surface area contributed by atoms with Gasteiger partial charge in [-0.3, -0.25) is 10.1 Å². The Bertz CT molecular complexity index is 457. The molecule has 0 radical (unpaired) electrons. The van der Waals surface area contributed by atoms with Crippen molar-refractivity contribution in [2.24, 2.45) is 11.1 Å². The fraction of sp³-hybridized carbons (Fsp3) is 0.500. The van der Waals surface area contributed by atoms with E-state index in [4.69, 9.17) is 5.73 Å². The number of nitro benzene ring substituents is 1. The number of rotatable bonds is 3. The van der Waals surface area contributed by atoms with Crippen LogP contribution in [0, 0.1) is 21.3 Å². The summed E-state index contributed by atoms with van der Waals surface area (Å²) in [6.07, 6.45) is -0.971. The Morgan fingerprint density at radius 1 is 1.44 bits per heavy atom. The molecule has 5 nitrogen and oxygen atoms in total. The lowest BCUT2D eigenvalue weighted by Crippen LogP contribution is -2.37. The molecule has 0 heterocycles. The first kappa shape index (κ1) is 14.5. The van der Waals surface area contributed by atoms with E-state index >= 15 is 0 Å². The normalized spacial score (nSPS) is 15.2. The van der Waals surface area contributed by atoms with Crippen LogP contribution in [0.25, 0.3) is 0 Å². The molecule has 0 unspecified atom stereocenters. The number of aliphatic hydroxyl groups excluding tert-OH is 1. The summed E-state index contributed by atoms with van der Waals surface area (Å²) in [4.78, 5) is 10.2. The first-order valence-corrected chi connectivity index (χ1v) is 5.52. The van der Waals surface area contributed by atoms with Gasteiger partial charge >= 0.3 is 0 Å². The molecule has 0 aliphatic rings. The lowest BCUT2D eigenvalue weighted by Gasteiger charge is -2.30. The quantitative estimate of drug-likeness (QED) is 0.640. The minimum atomic E-state index is -0.971. The highest BCUT2D eigenvalue weighted by Gasteiger charge is 2.32. The van der Waals surface area contributed by atoms with Crippen molar-refractivity contribution < 1.29 is 14.4 Å². The van der Waals surface area contributed by atoms with Crippen molar-refractivity contribution in [1.29, 1.82) is 0 Å². The number of hydrogen-bond donors (Lipinski definition) is 2. The van der Waals surface area contributed by atoms with Gasteiger partial charge in [-0.05, 0) is 17.5 Å². The van der Waals surface area contributed by atoms with Crippen molar-refractivity contribution >= 4 is 5.69 Å². The molecule has 0 aliphatic carbocycles. The van der Waals surface area contributed by atoms with Crippen LogP contribution < -0.4 is 5.73 Å². The third-order valence-electron chi connectivity index (χ3n) is 2.78. The smallest absolute Gasteiger partial charge is 0.277 e. The lowest BCUT2D eigenvalue weighted by atomic mass is 9.82. The van der Waals surface area contributed by atoms with Gasteiger partial charge < -0.3 is 10.8 Å². The van der Waals surface area contributed by atoms with E-state index in [1.54, 1.807) is 20.8 Å². The monoisotopic (exact) mass is 256 g/mol. The van der Waals surface area contributed by atoms with E-state index in [2.05, 4.69) is 0 Å². The fourth-order valence-electron chi connectivity index (χ4n) is 1.67. The largest absolute Gasteiger partial charge is 0.391 e. The molecule has 6 heteroatoms. The molecular weight excluding hydrogens is 239 g/mol. The molecule has 0 aliphatic heterocycles. The van der Waals surface area contributed by atoms with Crippen LogP contribution in [0.15, 0.2) is 18.2 Å². The average Bonchev–Trinajstić information content (AvgIpc) is 2.25. The van der Waals surface area contributed by atoms with Gasteiger partial charge in [0.1, 0.15) is 5.82 Å². The van der Waals surface area contributed by atoms with Gasteiger partial charge in [-0.25, -0.2) is 4.39 Å². The summed E-state index contributed by atoms with van der Waals surface area (Å²) in [6, 6.07) is 2.21. The SMILES string of the molecule is CC(C)(C)[C@@H](O)[C@@H](N)c1ccc(F)cc1[N+](=O)[O-]. The van der Waals surface area contributed by atoms with E-state index in [9.17, 15) is 19.6 Å². The second-order valence-electron chi connectivity index (χ2n) is 5.30. The highest BCUT2D eigenvalue weighted by Crippen LogP contribution is 2.33. The third-order valence-corrected chi connectivity index (χ3v) is 2.78. The molecule has 2 atom stereocenters. The van der Waals surface area contributed by atoms with Gasteiger partial charge in [0.2, 0.25) is 0 Å². The zero-order valence-corrected chi connectivity index (χ0v) is 10.6. The van der Waals surface area contributed by atoms with Crippen molar-refractivity contribution in [3.05, 3.63) is 39.7 Å². The molecule has 0 saturated heterocycles. The van der Waals surface area contributed by atoms with Crippen LogP contribution in [-0.4, -0.2) is 16.1 Å². The highest BCUT2D eigenvalue weighted by molar-refractivity contribution is 5.43. The summed E-state index contributed by atoms with van der Waals surface area (Å²) in [6.45, 7) is 5.31. The second kappa shape index (κ2) is 4.99. The third kappa shape index (κ3) is 3.02. The highest BCUT2D eigenvalue weighted by atomic mass is 19.1. The van der Waals surface area contributed by atoms with Crippen LogP contribution >= 0.6 is 0 Å². The van der Waals surface area contributed by atoms with Crippen molar-refractivity contribution in [2.45, 2.75) is 32.9 Å². The number of nitrogens with zero attached hydrogens (tertiary/aromatic N) is 1. The Kier molecular flexibility index (Phi) is 4.03. The minimum absolute atomic E-state index is 0.129. The molecule has 0 bridgehead atoms. The number of nitrogens with two attached hydrogens (primary N) is 1. The topological polar surface area (TPSA) is 89.4 Å². The van der Waals surface area contributed by atoms with E-state index in [0.29, 0.717) is 0 Å². The molecule has 100 valence electrons. The standard InChI is InChI=1S/C12H17FN2O3/c1-12(2,3)11(16)10(14)8-5-4-7(13)6-9(8)15(17)18/h4-6,10-11,16H,14H2,1-3H3/t10-,11-/m0/s1. The lowest BCUT2D eigenvalue weighted by molar-refractivity contribution is -0.386. The fourth-order valence-corrected chi connectivity index (χ4v) is 1.67. The molecular formula is C12H17FN2O3. The summed E-state index contributed by atoms with van der Waals surface area (Å²) in [5.41, 5.74) is 5.03. The number of nitro groups is 1. The van der Waals surface area contributed by atoms with E-state index in [-0.39, 0.29) is 5.56 Å². The Hall–Kier alpha value is -1.53. The first-order valence-electron chi connectivity index (χ1n) is 5.52. The summed E-state index contributed by atoms with van der Waals surface area (Å²) >= 11 is 0. The van der Waals surface area contributed by atoms with Crippen LogP contribution in [0.4, 0.5) is 10.1 Å². The minimum Gasteiger partial charge on any atom is -0.391 e. The van der Waals surface area contributed by atoms with Crippen molar-refractivity contribution in [3.63, 3.8) is 0 Å². The molecule has 1 aromatic carbocycles. The van der Waals surface area contributed by atoms with Gasteiger partial charge in [-0.15, -0.1) is 0 Å². The Labute approximate surface area is 105 Å². The summed E-state index contributed by atoms with van der Waals surface area (Å²) < 4.78 is 13.0. The molecule has 0 spiro atoms. The molecule has 0 fully saturated rings. The zero-order chi connectivity index (χ0) is 14.1. The van der Waals surface area contributed by atoms with Crippen molar-refractivity contribution in [1.82, 2.24) is 0 Å². The average molecular weight is 256 g/mol. The second-order valence-corrected chi connectivity index (χ2v) is 5.30. The van der Waals surface area contributed by atoms with Crippen LogP contribution in [-0.2, 0) is 0 Å². The van der Waals surface area contributed by atoms with E-state index in [0.717, 1.165) is 12.1 Å². The van der Waals surface area contributed by atoms with E-state index < -0.39 is 34.0 Å². The van der Waals surface area contributed by atoms with E-state index in [1.807, 2.05) is 0 Å². The van der Waals surface area contributed by atoms with Crippen LogP contribution in [0.5, 0.6) is 0 Å². The van der Waals surface area contributed by atoms with Gasteiger partial charge in [0, 0.05) is 5.56 Å². The number of aliphatic hydroxyl groups is 1. The Morgan fingerprint density at radius 2 is 2.00 bits per heavy atom. The number of hydrogen-bond acceptors (Lipinski definition) is 4. The predicted molar refractivity (Wildman–Crippen MR) is 65.4 cm³/mol. The maximum atomic E-state index is 13.0. The number of halogens is 1. The summed E-state index contributed by atoms with van der Waals surface area (Å²) in [5.74, 6) is -0.706. The van der Waals surface area contributed by atoms with Gasteiger partial charge in [0.25, 0.3) is 5.69 Å². The zero-order valence-electron chi connectivity index (χ0n) is 10.6. The molecule has 18 heavy (non-hydrogen) atoms. The molecule has 0 aromatic heterocycles. The van der Waals surface area contributed by atoms with Crippen LogP contribution in [0.2, 0.25) is 0 Å². The van der Waals surface area contributed by atoms with Gasteiger partial charge in [-0.1, -0.05) is 20.8 Å². The molecule has 0 saturated carbocycles. The van der Waals surface area contributed by atoms with Crippen LogP contribution in [0.3, 0.4) is 0 Å². The van der Waals surface area contributed by atoms with Crippen LogP contribution in [0.1, 0.15) is 32.4 Å². The number of benzene rings is 1. The van der Waals surface area contributed by atoms with Gasteiger partial charge in [0.05, 0.1) is 23.1 Å². The maximum Gasteiger partial charge on any atom is 0.277 e. The van der Waals surface area contributed by atoms with E-state index in [1.165, 1.54) is 6.07 Å². The maximum absolute atomic E-state index is 13.0. The van der Waals surface area contributed by atoms with Crippen molar-refractivity contribution in [3.8, 4) is 0 Å². The first-order chi connectivity index (χ1) is 8.14. The van der Waals surface area contributed by atoms with Crippen molar-refractivity contribution in [2.75, 3.05) is 0 Å². The molecule has 1 aromatic rings.